The molecule has 4 rings (SSSR count). The van der Waals surface area contributed by atoms with E-state index in [-0.39, 0.29) is 11.3 Å². The van der Waals surface area contributed by atoms with E-state index in [1.807, 2.05) is 24.3 Å². The number of hydrogen-bond acceptors (Lipinski definition) is 1. The van der Waals surface area contributed by atoms with Crippen LogP contribution in [-0.2, 0) is 6.42 Å². The summed E-state index contributed by atoms with van der Waals surface area (Å²) < 4.78 is 44.0. The Kier molecular flexibility index (Phi) is 8.90. The lowest BCUT2D eigenvalue weighted by atomic mass is 10.0. The summed E-state index contributed by atoms with van der Waals surface area (Å²) in [7, 11) is 0. The van der Waals surface area contributed by atoms with Crippen molar-refractivity contribution in [1.82, 2.24) is 0 Å². The maximum Gasteiger partial charge on any atom is 0.387 e. The van der Waals surface area contributed by atoms with Gasteiger partial charge in [-0.3, -0.25) is 0 Å². The summed E-state index contributed by atoms with van der Waals surface area (Å²) in [5, 5.41) is 1.20. The van der Waals surface area contributed by atoms with E-state index >= 15 is 4.39 Å². The van der Waals surface area contributed by atoms with Gasteiger partial charge in [0.05, 0.1) is 5.56 Å². The zero-order chi connectivity index (χ0) is 26.0. The number of halogens is 3. The molecule has 0 spiro atoms. The van der Waals surface area contributed by atoms with Crippen molar-refractivity contribution in [3.05, 3.63) is 112 Å². The van der Waals surface area contributed by atoms with Gasteiger partial charge in [-0.15, -0.1) is 0 Å². The van der Waals surface area contributed by atoms with Crippen LogP contribution in [0.4, 0.5) is 13.2 Å². The van der Waals surface area contributed by atoms with Crippen LogP contribution in [0, 0.1) is 29.5 Å². The predicted octanol–water partition coefficient (Wildman–Crippen LogP) is 8.50. The molecule has 0 unspecified atom stereocenters. The van der Waals surface area contributed by atoms with Crippen molar-refractivity contribution in [3.8, 4) is 29.4 Å². The number of unbranched alkanes of at least 4 members (excludes halogenated alkanes) is 3. The van der Waals surface area contributed by atoms with Gasteiger partial charge >= 0.3 is 6.61 Å². The van der Waals surface area contributed by atoms with Crippen molar-refractivity contribution in [2.75, 3.05) is 0 Å². The molecule has 1 nitrogen and oxygen atoms in total. The van der Waals surface area contributed by atoms with Gasteiger partial charge in [-0.25, -0.2) is 4.39 Å². The Balaban J connectivity index is 1.45. The number of alkyl halides is 2. The Morgan fingerprint density at radius 2 is 1.35 bits per heavy atom. The lowest BCUT2D eigenvalue weighted by Crippen LogP contribution is -2.01. The van der Waals surface area contributed by atoms with E-state index in [2.05, 4.69) is 47.5 Å². The molecule has 0 bridgehead atoms. The van der Waals surface area contributed by atoms with Crippen LogP contribution in [0.5, 0.6) is 5.75 Å². The molecule has 0 radical (unpaired) electrons. The van der Waals surface area contributed by atoms with Crippen molar-refractivity contribution in [2.45, 2.75) is 45.6 Å². The zero-order valence-corrected chi connectivity index (χ0v) is 20.7. The first-order chi connectivity index (χ1) is 18.0. The average Bonchev–Trinajstić information content (AvgIpc) is 2.91. The van der Waals surface area contributed by atoms with Crippen LogP contribution < -0.4 is 4.74 Å². The molecule has 0 N–H and O–H groups in total. The van der Waals surface area contributed by atoms with Crippen LogP contribution in [0.3, 0.4) is 0 Å². The van der Waals surface area contributed by atoms with Crippen molar-refractivity contribution < 1.29 is 17.9 Å². The van der Waals surface area contributed by atoms with Gasteiger partial charge in [0.1, 0.15) is 11.6 Å². The third kappa shape index (κ3) is 7.42. The first-order valence-electron chi connectivity index (χ1n) is 12.4. The fourth-order valence-electron chi connectivity index (χ4n) is 3.98. The fourth-order valence-corrected chi connectivity index (χ4v) is 3.98. The Morgan fingerprint density at radius 1 is 0.703 bits per heavy atom. The second-order valence-corrected chi connectivity index (χ2v) is 8.77. The van der Waals surface area contributed by atoms with E-state index in [0.29, 0.717) is 10.9 Å². The number of rotatable bonds is 7. The maximum absolute atomic E-state index is 15.1. The molecule has 186 valence electrons. The van der Waals surface area contributed by atoms with E-state index in [4.69, 9.17) is 0 Å². The van der Waals surface area contributed by atoms with E-state index in [9.17, 15) is 8.78 Å². The highest BCUT2D eigenvalue weighted by Crippen LogP contribution is 2.22. The molecule has 0 amide bonds. The van der Waals surface area contributed by atoms with E-state index in [1.54, 1.807) is 30.3 Å². The second-order valence-electron chi connectivity index (χ2n) is 8.77. The molecular weight excluding hydrogens is 469 g/mol. The summed E-state index contributed by atoms with van der Waals surface area (Å²) in [6, 6.07) is 23.1. The van der Waals surface area contributed by atoms with Crippen molar-refractivity contribution in [3.63, 3.8) is 0 Å². The Labute approximate surface area is 216 Å². The normalized spacial score (nSPS) is 10.5. The molecule has 0 saturated carbocycles. The monoisotopic (exact) mass is 496 g/mol. The summed E-state index contributed by atoms with van der Waals surface area (Å²) in [4.78, 5) is 0. The van der Waals surface area contributed by atoms with Crippen molar-refractivity contribution in [2.24, 2.45) is 0 Å². The fraction of sp³-hybridized carbons (Fsp3) is 0.212. The minimum atomic E-state index is -2.88. The topological polar surface area (TPSA) is 9.23 Å². The smallest absolute Gasteiger partial charge is 0.387 e. The van der Waals surface area contributed by atoms with Gasteiger partial charge in [-0.1, -0.05) is 74.1 Å². The van der Waals surface area contributed by atoms with Gasteiger partial charge in [-0.05, 0) is 78.4 Å². The third-order valence-electron chi connectivity index (χ3n) is 6.00. The molecule has 0 heterocycles. The van der Waals surface area contributed by atoms with E-state index < -0.39 is 12.4 Å². The number of aryl methyl sites for hydroxylation is 1. The molecule has 0 fully saturated rings. The lowest BCUT2D eigenvalue weighted by Gasteiger charge is -2.04. The molecule has 4 heteroatoms. The molecule has 4 aromatic rings. The van der Waals surface area contributed by atoms with Crippen LogP contribution in [0.15, 0.2) is 78.9 Å². The minimum Gasteiger partial charge on any atom is -0.435 e. The molecule has 0 saturated heterocycles. The molecule has 0 aromatic heterocycles. The third-order valence-corrected chi connectivity index (χ3v) is 6.00. The van der Waals surface area contributed by atoms with Crippen LogP contribution in [-0.4, -0.2) is 6.61 Å². The second kappa shape index (κ2) is 12.7. The highest BCUT2D eigenvalue weighted by Gasteiger charge is 2.07. The summed E-state index contributed by atoms with van der Waals surface area (Å²) in [6.07, 6.45) is 6.10. The quantitative estimate of drug-likeness (QED) is 0.184. The number of hydrogen-bond donors (Lipinski definition) is 0. The summed E-state index contributed by atoms with van der Waals surface area (Å²) in [5.41, 5.74) is 3.91. The van der Waals surface area contributed by atoms with Crippen molar-refractivity contribution >= 4 is 10.8 Å². The van der Waals surface area contributed by atoms with Gasteiger partial charge in [0.25, 0.3) is 0 Å². The standard InChI is InChI=1S/C33H27F3O/c1-2-3-4-5-6-24-7-9-25(10-8-24)11-12-27-16-22-31-29(23-27)19-18-28(32(31)34)17-13-26-14-20-30(21-15-26)37-33(35)36/h7-10,14-16,18-23,33H,2-6H2,1H3. The Hall–Kier alpha value is -4.15. The summed E-state index contributed by atoms with van der Waals surface area (Å²) in [5.74, 6) is 11.7. The van der Waals surface area contributed by atoms with E-state index in [0.717, 1.165) is 22.9 Å². The molecule has 0 aliphatic rings. The first-order valence-corrected chi connectivity index (χ1v) is 12.4. The maximum atomic E-state index is 15.1. The number of benzene rings is 4. The van der Waals surface area contributed by atoms with E-state index in [1.165, 1.54) is 43.4 Å². The van der Waals surface area contributed by atoms with Crippen LogP contribution >= 0.6 is 0 Å². The number of fused-ring (bicyclic) bond motifs is 1. The summed E-state index contributed by atoms with van der Waals surface area (Å²) >= 11 is 0. The van der Waals surface area contributed by atoms with Gasteiger partial charge in [0, 0.05) is 22.1 Å². The molecular formula is C33H27F3O. The van der Waals surface area contributed by atoms with Gasteiger partial charge in [0.15, 0.2) is 0 Å². The van der Waals surface area contributed by atoms with Gasteiger partial charge < -0.3 is 4.74 Å². The average molecular weight is 497 g/mol. The Morgan fingerprint density at radius 3 is 2.05 bits per heavy atom. The molecule has 0 atom stereocenters. The number of ether oxygens (including phenoxy) is 1. The highest BCUT2D eigenvalue weighted by atomic mass is 19.3. The largest absolute Gasteiger partial charge is 0.435 e. The Bertz CT molecular complexity index is 1460. The molecule has 37 heavy (non-hydrogen) atoms. The summed E-state index contributed by atoms with van der Waals surface area (Å²) in [6.45, 7) is -0.665. The molecule has 4 aromatic carbocycles. The lowest BCUT2D eigenvalue weighted by molar-refractivity contribution is -0.0498. The van der Waals surface area contributed by atoms with Crippen LogP contribution in [0.1, 0.15) is 60.4 Å². The van der Waals surface area contributed by atoms with Crippen LogP contribution in [0.2, 0.25) is 0 Å². The van der Waals surface area contributed by atoms with Gasteiger partial charge in [0.2, 0.25) is 0 Å². The SMILES string of the molecule is CCCCCCc1ccc(C#Cc2ccc3c(F)c(C#Cc4ccc(OC(F)F)cc4)ccc3c2)cc1. The van der Waals surface area contributed by atoms with Crippen molar-refractivity contribution in [1.29, 1.82) is 0 Å². The van der Waals surface area contributed by atoms with Crippen LogP contribution in [0.25, 0.3) is 10.8 Å². The zero-order valence-electron chi connectivity index (χ0n) is 20.7. The first kappa shape index (κ1) is 25.9. The predicted molar refractivity (Wildman–Crippen MR) is 143 cm³/mol. The minimum absolute atomic E-state index is 0.0474. The highest BCUT2D eigenvalue weighted by molar-refractivity contribution is 5.86. The molecule has 0 aliphatic heterocycles. The molecule has 0 aliphatic carbocycles. The van der Waals surface area contributed by atoms with Gasteiger partial charge in [-0.2, -0.15) is 8.78 Å².